The van der Waals surface area contributed by atoms with Gasteiger partial charge in [0.05, 0.1) is 14.8 Å². The topological polar surface area (TPSA) is 66.1 Å². The first-order valence-electron chi connectivity index (χ1n) is 7.74. The van der Waals surface area contributed by atoms with Gasteiger partial charge in [0.15, 0.2) is 0 Å². The molecule has 0 unspecified atom stereocenters. The second kappa shape index (κ2) is 6.25. The van der Waals surface area contributed by atoms with Crippen molar-refractivity contribution < 1.29 is 8.42 Å². The molecule has 0 bridgehead atoms. The van der Waals surface area contributed by atoms with Gasteiger partial charge in [-0.25, -0.2) is 13.4 Å². The van der Waals surface area contributed by atoms with E-state index in [9.17, 15) is 8.42 Å². The first kappa shape index (κ1) is 16.3. The molecule has 8 heteroatoms. The molecule has 0 radical (unpaired) electrons. The van der Waals surface area contributed by atoms with E-state index in [0.29, 0.717) is 17.3 Å². The maximum absolute atomic E-state index is 12.7. The van der Waals surface area contributed by atoms with Crippen LogP contribution in [0.5, 0.6) is 0 Å². The lowest BCUT2D eigenvalue weighted by Crippen LogP contribution is -2.37. The Kier molecular flexibility index (Phi) is 4.24. The van der Waals surface area contributed by atoms with E-state index in [2.05, 4.69) is 25.9 Å². The first-order chi connectivity index (χ1) is 11.5. The first-order valence-corrected chi connectivity index (χ1v) is 10.8. The highest BCUT2D eigenvalue weighted by molar-refractivity contribution is 9.11. The van der Waals surface area contributed by atoms with E-state index in [1.807, 2.05) is 24.3 Å². The average Bonchev–Trinajstić information content (AvgIpc) is 3.21. The zero-order valence-corrected chi connectivity index (χ0v) is 16.0. The summed E-state index contributed by atoms with van der Waals surface area (Å²) in [6.07, 6.45) is 1.57. The van der Waals surface area contributed by atoms with Crippen LogP contribution < -0.4 is 0 Å². The number of hydrogen-bond donors (Lipinski definition) is 1. The van der Waals surface area contributed by atoms with Crippen LogP contribution in [0.1, 0.15) is 24.6 Å². The van der Waals surface area contributed by atoms with Gasteiger partial charge in [0.25, 0.3) is 10.0 Å². The molecule has 5 nitrogen and oxygen atoms in total. The summed E-state index contributed by atoms with van der Waals surface area (Å²) >= 11 is 4.59. The SMILES string of the molecule is O=S(=O)(c1ccc(Br)s1)N1CCC(c2nc3ccccc3[nH]2)CC1. The molecule has 0 aliphatic carbocycles. The molecule has 1 N–H and O–H groups in total. The zero-order valence-electron chi connectivity index (χ0n) is 12.8. The molecule has 24 heavy (non-hydrogen) atoms. The second-order valence-corrected chi connectivity index (χ2v) is 10.5. The predicted molar refractivity (Wildman–Crippen MR) is 98.8 cm³/mol. The summed E-state index contributed by atoms with van der Waals surface area (Å²) in [5.41, 5.74) is 2.00. The van der Waals surface area contributed by atoms with Crippen LogP contribution in [-0.2, 0) is 10.0 Å². The van der Waals surface area contributed by atoms with Crippen LogP contribution >= 0.6 is 27.3 Å². The molecule has 0 saturated carbocycles. The van der Waals surface area contributed by atoms with Crippen LogP contribution in [0.25, 0.3) is 11.0 Å². The predicted octanol–water partition coefficient (Wildman–Crippen LogP) is 3.96. The number of aromatic nitrogens is 2. The lowest BCUT2D eigenvalue weighted by molar-refractivity contribution is 0.315. The highest BCUT2D eigenvalue weighted by atomic mass is 79.9. The Labute approximate surface area is 152 Å². The van der Waals surface area contributed by atoms with Crippen molar-refractivity contribution in [1.29, 1.82) is 0 Å². The molecule has 0 amide bonds. The number of para-hydroxylation sites is 2. The number of hydrogen-bond acceptors (Lipinski definition) is 4. The molecule has 1 aliphatic rings. The molecular weight excluding hydrogens is 410 g/mol. The minimum atomic E-state index is -3.38. The van der Waals surface area contributed by atoms with Gasteiger partial charge in [-0.2, -0.15) is 4.31 Å². The molecule has 1 aromatic carbocycles. The number of rotatable bonds is 3. The molecule has 1 saturated heterocycles. The van der Waals surface area contributed by atoms with E-state index in [1.165, 1.54) is 11.3 Å². The number of fused-ring (bicyclic) bond motifs is 1. The molecule has 2 aromatic heterocycles. The van der Waals surface area contributed by atoms with Gasteiger partial charge < -0.3 is 4.98 Å². The number of sulfonamides is 1. The van der Waals surface area contributed by atoms with E-state index < -0.39 is 10.0 Å². The Morgan fingerprint density at radius 2 is 1.92 bits per heavy atom. The van der Waals surface area contributed by atoms with Crippen LogP contribution in [0.2, 0.25) is 0 Å². The number of aromatic amines is 1. The summed E-state index contributed by atoms with van der Waals surface area (Å²) in [4.78, 5) is 8.03. The maximum Gasteiger partial charge on any atom is 0.252 e. The van der Waals surface area contributed by atoms with Crippen molar-refractivity contribution in [3.8, 4) is 0 Å². The third-order valence-corrected chi connectivity index (χ3v) is 8.38. The van der Waals surface area contributed by atoms with Gasteiger partial charge in [0.1, 0.15) is 10.0 Å². The molecular formula is C16H16BrN3O2S2. The number of halogens is 1. The van der Waals surface area contributed by atoms with Crippen LogP contribution in [0.15, 0.2) is 44.4 Å². The molecule has 1 fully saturated rings. The number of H-pyrrole nitrogens is 1. The van der Waals surface area contributed by atoms with Crippen LogP contribution in [0.3, 0.4) is 0 Å². The molecule has 1 aliphatic heterocycles. The number of imidazole rings is 1. The largest absolute Gasteiger partial charge is 0.342 e. The van der Waals surface area contributed by atoms with E-state index in [4.69, 9.17) is 0 Å². The van der Waals surface area contributed by atoms with E-state index >= 15 is 0 Å². The van der Waals surface area contributed by atoms with E-state index in [1.54, 1.807) is 16.4 Å². The van der Waals surface area contributed by atoms with Crippen molar-refractivity contribution >= 4 is 48.3 Å². The Morgan fingerprint density at radius 3 is 2.58 bits per heavy atom. The average molecular weight is 426 g/mol. The minimum Gasteiger partial charge on any atom is -0.342 e. The molecule has 0 spiro atoms. The van der Waals surface area contributed by atoms with Gasteiger partial charge in [0, 0.05) is 19.0 Å². The Morgan fingerprint density at radius 1 is 1.17 bits per heavy atom. The summed E-state index contributed by atoms with van der Waals surface area (Å²) in [6.45, 7) is 1.05. The summed E-state index contributed by atoms with van der Waals surface area (Å²) in [6, 6.07) is 11.4. The summed E-state index contributed by atoms with van der Waals surface area (Å²) in [5.74, 6) is 1.24. The normalized spacial score (nSPS) is 17.5. The third-order valence-electron chi connectivity index (χ3n) is 4.39. The van der Waals surface area contributed by atoms with Gasteiger partial charge in [0.2, 0.25) is 0 Å². The monoisotopic (exact) mass is 425 g/mol. The van der Waals surface area contributed by atoms with Gasteiger partial charge >= 0.3 is 0 Å². The van der Waals surface area contributed by atoms with Crippen molar-refractivity contribution in [2.24, 2.45) is 0 Å². The van der Waals surface area contributed by atoms with Crippen LogP contribution in [-0.4, -0.2) is 35.8 Å². The Bertz CT molecular complexity index is 939. The fourth-order valence-electron chi connectivity index (χ4n) is 3.10. The standard InChI is InChI=1S/C16H16BrN3O2S2/c17-14-5-6-15(23-14)24(21,22)20-9-7-11(8-10-20)16-18-12-3-1-2-4-13(12)19-16/h1-6,11H,7-10H2,(H,18,19). The van der Waals surface area contributed by atoms with Gasteiger partial charge in [-0.1, -0.05) is 12.1 Å². The van der Waals surface area contributed by atoms with Crippen molar-refractivity contribution in [3.63, 3.8) is 0 Å². The fraction of sp³-hybridized carbons (Fsp3) is 0.312. The van der Waals surface area contributed by atoms with Gasteiger partial charge in [-0.3, -0.25) is 0 Å². The highest BCUT2D eigenvalue weighted by Gasteiger charge is 2.31. The maximum atomic E-state index is 12.7. The lowest BCUT2D eigenvalue weighted by Gasteiger charge is -2.29. The molecule has 126 valence electrons. The second-order valence-electron chi connectivity index (χ2n) is 5.88. The van der Waals surface area contributed by atoms with Crippen LogP contribution in [0, 0.1) is 0 Å². The van der Waals surface area contributed by atoms with Gasteiger partial charge in [-0.15, -0.1) is 11.3 Å². The minimum absolute atomic E-state index is 0.277. The molecule has 0 atom stereocenters. The van der Waals surface area contributed by atoms with Crippen molar-refractivity contribution in [1.82, 2.24) is 14.3 Å². The van der Waals surface area contributed by atoms with E-state index in [-0.39, 0.29) is 5.92 Å². The number of nitrogens with zero attached hydrogens (tertiary/aromatic N) is 2. The fourth-order valence-corrected chi connectivity index (χ4v) is 6.73. The van der Waals surface area contributed by atoms with Crippen LogP contribution in [0.4, 0.5) is 0 Å². The summed E-state index contributed by atoms with van der Waals surface area (Å²) in [7, 11) is -3.38. The quantitative estimate of drug-likeness (QED) is 0.690. The van der Waals surface area contributed by atoms with Gasteiger partial charge in [-0.05, 0) is 53.0 Å². The Hall–Kier alpha value is -1.22. The summed E-state index contributed by atoms with van der Waals surface area (Å²) < 4.78 is 28.2. The number of thiophene rings is 1. The zero-order chi connectivity index (χ0) is 16.7. The van der Waals surface area contributed by atoms with Crippen molar-refractivity contribution in [3.05, 3.63) is 46.0 Å². The molecule has 4 rings (SSSR count). The molecule has 3 aromatic rings. The summed E-state index contributed by atoms with van der Waals surface area (Å²) in [5, 5.41) is 0. The number of benzene rings is 1. The van der Waals surface area contributed by atoms with Crippen molar-refractivity contribution in [2.75, 3.05) is 13.1 Å². The third kappa shape index (κ3) is 2.92. The lowest BCUT2D eigenvalue weighted by atomic mass is 9.97. The van der Waals surface area contributed by atoms with E-state index in [0.717, 1.165) is 33.5 Å². The number of nitrogens with one attached hydrogen (secondary N) is 1. The smallest absolute Gasteiger partial charge is 0.252 e. The highest BCUT2D eigenvalue weighted by Crippen LogP contribution is 2.33. The number of piperidine rings is 1. The molecule has 3 heterocycles. The Balaban J connectivity index is 1.50. The van der Waals surface area contributed by atoms with Crippen molar-refractivity contribution in [2.45, 2.75) is 23.0 Å².